The van der Waals surface area contributed by atoms with Crippen LogP contribution < -0.4 is 10.9 Å². The van der Waals surface area contributed by atoms with Crippen LogP contribution in [0.4, 0.5) is 5.69 Å². The molecule has 0 aliphatic heterocycles. The number of rotatable bonds is 16. The van der Waals surface area contributed by atoms with E-state index < -0.39 is 21.3 Å². The van der Waals surface area contributed by atoms with Gasteiger partial charge in [0.2, 0.25) is 5.91 Å². The van der Waals surface area contributed by atoms with Crippen LogP contribution in [0.15, 0.2) is 23.0 Å². The number of unbranched alkanes of at least 4 members (excludes halogenated alkanes) is 11. The summed E-state index contributed by atoms with van der Waals surface area (Å²) in [4.78, 5) is 24.1. The number of amides is 1. The molecule has 1 aromatic carbocycles. The third-order valence-corrected chi connectivity index (χ3v) is 6.98. The monoisotopic (exact) mass is 467 g/mol. The SMILES string of the molecule is CCCCCCCCCCCCCC[C@@H](C(=O)Nc1ccc2c(=O)[nH][nH]c2c1)S(=O)(=O)O. The number of carbonyl (C=O) groups excluding carboxylic acids is 1. The minimum atomic E-state index is -4.51. The molecule has 0 aliphatic rings. The Bertz CT molecular complexity index is 996. The molecule has 180 valence electrons. The first-order valence-electron chi connectivity index (χ1n) is 11.8. The van der Waals surface area contributed by atoms with Gasteiger partial charge in [0.05, 0.1) is 10.9 Å². The first-order valence-corrected chi connectivity index (χ1v) is 13.3. The normalized spacial score (nSPS) is 12.8. The zero-order valence-electron chi connectivity index (χ0n) is 19.0. The van der Waals surface area contributed by atoms with E-state index in [-0.39, 0.29) is 12.0 Å². The largest absolute Gasteiger partial charge is 0.325 e. The Kier molecular flexibility index (Phi) is 11.0. The van der Waals surface area contributed by atoms with Crippen LogP contribution in [0.3, 0.4) is 0 Å². The molecule has 0 spiro atoms. The lowest BCUT2D eigenvalue weighted by Gasteiger charge is -2.14. The lowest BCUT2D eigenvalue weighted by molar-refractivity contribution is -0.116. The fraction of sp³-hybridized carbons (Fsp3) is 0.652. The van der Waals surface area contributed by atoms with Crippen molar-refractivity contribution in [2.75, 3.05) is 5.32 Å². The zero-order valence-corrected chi connectivity index (χ0v) is 19.8. The second kappa shape index (κ2) is 13.4. The Labute approximate surface area is 190 Å². The molecule has 0 saturated heterocycles. The molecule has 2 aromatic rings. The van der Waals surface area contributed by atoms with Gasteiger partial charge in [-0.15, -0.1) is 0 Å². The first kappa shape index (κ1) is 26.1. The summed E-state index contributed by atoms with van der Waals surface area (Å²) in [5.74, 6) is -0.771. The number of benzene rings is 1. The fourth-order valence-corrected chi connectivity index (χ4v) is 4.72. The Morgan fingerprint density at radius 2 is 1.50 bits per heavy atom. The Balaban J connectivity index is 1.70. The van der Waals surface area contributed by atoms with E-state index in [9.17, 15) is 22.6 Å². The van der Waals surface area contributed by atoms with Crippen LogP contribution in [0.5, 0.6) is 0 Å². The van der Waals surface area contributed by atoms with Crippen molar-refractivity contribution in [3.8, 4) is 0 Å². The van der Waals surface area contributed by atoms with Crippen molar-refractivity contribution in [3.05, 3.63) is 28.6 Å². The van der Waals surface area contributed by atoms with Gasteiger partial charge in [-0.05, 0) is 24.6 Å². The molecule has 32 heavy (non-hydrogen) atoms. The number of anilines is 1. The van der Waals surface area contributed by atoms with E-state index in [1.54, 1.807) is 0 Å². The summed E-state index contributed by atoms with van der Waals surface area (Å²) >= 11 is 0. The maximum atomic E-state index is 12.5. The second-order valence-electron chi connectivity index (χ2n) is 8.51. The van der Waals surface area contributed by atoms with Crippen LogP contribution >= 0.6 is 0 Å². The van der Waals surface area contributed by atoms with Crippen molar-refractivity contribution in [2.45, 2.75) is 95.6 Å². The molecule has 2 rings (SSSR count). The summed E-state index contributed by atoms with van der Waals surface area (Å²) in [6.07, 6.45) is 13.8. The van der Waals surface area contributed by atoms with E-state index >= 15 is 0 Å². The third-order valence-electron chi connectivity index (χ3n) is 5.81. The molecule has 8 nitrogen and oxygen atoms in total. The van der Waals surface area contributed by atoms with E-state index in [4.69, 9.17) is 0 Å². The van der Waals surface area contributed by atoms with Crippen molar-refractivity contribution >= 4 is 32.6 Å². The van der Waals surface area contributed by atoms with E-state index in [0.717, 1.165) is 19.3 Å². The second-order valence-corrected chi connectivity index (χ2v) is 10.1. The van der Waals surface area contributed by atoms with Gasteiger partial charge in [-0.3, -0.25) is 24.3 Å². The molecule has 0 aliphatic carbocycles. The first-order chi connectivity index (χ1) is 15.3. The summed E-state index contributed by atoms with van der Waals surface area (Å²) < 4.78 is 33.0. The van der Waals surface area contributed by atoms with Crippen LogP contribution in [-0.4, -0.2) is 34.3 Å². The summed E-state index contributed by atoms with van der Waals surface area (Å²) in [5.41, 5.74) is 0.568. The quantitative estimate of drug-likeness (QED) is 0.200. The van der Waals surface area contributed by atoms with Crippen molar-refractivity contribution in [2.24, 2.45) is 0 Å². The number of hydrogen-bond acceptors (Lipinski definition) is 4. The Morgan fingerprint density at radius 3 is 2.06 bits per heavy atom. The van der Waals surface area contributed by atoms with E-state index in [0.29, 0.717) is 23.0 Å². The molecule has 9 heteroatoms. The van der Waals surface area contributed by atoms with E-state index in [1.165, 1.54) is 69.6 Å². The van der Waals surface area contributed by atoms with Gasteiger partial charge in [0, 0.05) is 5.69 Å². The molecule has 0 radical (unpaired) electrons. The average molecular weight is 468 g/mol. The van der Waals surface area contributed by atoms with Gasteiger partial charge in [-0.25, -0.2) is 0 Å². The lowest BCUT2D eigenvalue weighted by atomic mass is 10.0. The van der Waals surface area contributed by atoms with Gasteiger partial charge < -0.3 is 5.32 Å². The Morgan fingerprint density at radius 1 is 0.938 bits per heavy atom. The predicted octanol–water partition coefficient (Wildman–Crippen LogP) is 5.14. The van der Waals surface area contributed by atoms with E-state index in [2.05, 4.69) is 22.4 Å². The molecular formula is C23H37N3O5S. The number of hydrogen-bond donors (Lipinski definition) is 4. The molecule has 1 aromatic heterocycles. The highest BCUT2D eigenvalue weighted by Crippen LogP contribution is 2.18. The number of aromatic nitrogens is 2. The predicted molar refractivity (Wildman–Crippen MR) is 129 cm³/mol. The molecule has 1 heterocycles. The van der Waals surface area contributed by atoms with Crippen LogP contribution in [-0.2, 0) is 14.9 Å². The van der Waals surface area contributed by atoms with Gasteiger partial charge in [-0.1, -0.05) is 84.0 Å². The van der Waals surface area contributed by atoms with Gasteiger partial charge in [0.25, 0.3) is 15.7 Å². The lowest BCUT2D eigenvalue weighted by Crippen LogP contribution is -2.34. The van der Waals surface area contributed by atoms with Gasteiger partial charge >= 0.3 is 0 Å². The standard InChI is InChI=1S/C23H37N3O5S/c1-2-3-4-5-6-7-8-9-10-11-12-13-14-21(32(29,30)31)23(28)24-18-15-16-19-20(17-18)25-26-22(19)27/h15-17,21H,2-14H2,1H3,(H,24,28)(H2,25,26,27)(H,29,30,31)/t21-/m0/s1. The molecule has 0 bridgehead atoms. The van der Waals surface area contributed by atoms with Crippen molar-refractivity contribution < 1.29 is 17.8 Å². The highest BCUT2D eigenvalue weighted by atomic mass is 32.2. The van der Waals surface area contributed by atoms with Gasteiger partial charge in [0.15, 0.2) is 5.25 Å². The number of carbonyl (C=O) groups is 1. The van der Waals surface area contributed by atoms with Gasteiger partial charge in [-0.2, -0.15) is 8.42 Å². The zero-order chi connectivity index (χ0) is 23.4. The van der Waals surface area contributed by atoms with Gasteiger partial charge in [0.1, 0.15) is 0 Å². The van der Waals surface area contributed by atoms with Crippen LogP contribution in [0, 0.1) is 0 Å². The van der Waals surface area contributed by atoms with E-state index in [1.807, 2.05) is 0 Å². The van der Waals surface area contributed by atoms with Crippen LogP contribution in [0.1, 0.15) is 90.4 Å². The number of fused-ring (bicyclic) bond motifs is 1. The summed E-state index contributed by atoms with van der Waals surface area (Å²) in [7, 11) is -4.51. The summed E-state index contributed by atoms with van der Waals surface area (Å²) in [6, 6.07) is 4.60. The minimum Gasteiger partial charge on any atom is -0.325 e. The molecule has 4 N–H and O–H groups in total. The minimum absolute atomic E-state index is 0.0747. The average Bonchev–Trinajstić information content (AvgIpc) is 3.10. The number of H-pyrrole nitrogens is 2. The smallest absolute Gasteiger partial charge is 0.276 e. The molecular weight excluding hydrogens is 430 g/mol. The number of nitrogens with one attached hydrogen (secondary N) is 3. The van der Waals surface area contributed by atoms with Crippen molar-refractivity contribution in [1.82, 2.24) is 10.2 Å². The third kappa shape index (κ3) is 8.78. The Hall–Kier alpha value is -2.13. The summed E-state index contributed by atoms with van der Waals surface area (Å²) in [6.45, 7) is 2.22. The van der Waals surface area contributed by atoms with Crippen molar-refractivity contribution in [3.63, 3.8) is 0 Å². The van der Waals surface area contributed by atoms with Crippen LogP contribution in [0.25, 0.3) is 10.9 Å². The maximum absolute atomic E-state index is 12.5. The molecule has 0 saturated carbocycles. The highest BCUT2D eigenvalue weighted by Gasteiger charge is 2.30. The molecule has 0 unspecified atom stereocenters. The highest BCUT2D eigenvalue weighted by molar-refractivity contribution is 7.87. The molecule has 1 amide bonds. The number of aromatic amines is 2. The van der Waals surface area contributed by atoms with Crippen LogP contribution in [0.2, 0.25) is 0 Å². The molecule has 1 atom stereocenters. The van der Waals surface area contributed by atoms with Crippen molar-refractivity contribution in [1.29, 1.82) is 0 Å². The topological polar surface area (TPSA) is 132 Å². The fourth-order valence-electron chi connectivity index (χ4n) is 3.92. The maximum Gasteiger partial charge on any atom is 0.276 e. The summed E-state index contributed by atoms with van der Waals surface area (Å²) in [5, 5.41) is 6.58. The molecule has 0 fully saturated rings.